The van der Waals surface area contributed by atoms with Crippen molar-refractivity contribution in [2.24, 2.45) is 5.73 Å². The molecule has 19 heavy (non-hydrogen) atoms. The van der Waals surface area contributed by atoms with Crippen LogP contribution in [-0.2, 0) is 11.3 Å². The Morgan fingerprint density at radius 1 is 1.05 bits per heavy atom. The normalized spacial score (nSPS) is 19.1. The Morgan fingerprint density at radius 2 is 1.74 bits per heavy atom. The van der Waals surface area contributed by atoms with Gasteiger partial charge in [-0.1, -0.05) is 55.0 Å². The highest BCUT2D eigenvalue weighted by Gasteiger charge is 2.26. The van der Waals surface area contributed by atoms with Crippen LogP contribution < -0.4 is 5.73 Å². The van der Waals surface area contributed by atoms with Crippen LogP contribution >= 0.6 is 23.2 Å². The van der Waals surface area contributed by atoms with E-state index in [9.17, 15) is 0 Å². The van der Waals surface area contributed by atoms with E-state index >= 15 is 0 Å². The van der Waals surface area contributed by atoms with E-state index in [0.29, 0.717) is 23.3 Å². The second-order valence-corrected chi connectivity index (χ2v) is 6.33. The summed E-state index contributed by atoms with van der Waals surface area (Å²) in [5.74, 6) is 0. The van der Waals surface area contributed by atoms with Gasteiger partial charge in [-0.25, -0.2) is 0 Å². The van der Waals surface area contributed by atoms with Crippen LogP contribution in [0.2, 0.25) is 10.0 Å². The van der Waals surface area contributed by atoms with Gasteiger partial charge in [0.15, 0.2) is 0 Å². The second-order valence-electron chi connectivity index (χ2n) is 5.52. The van der Waals surface area contributed by atoms with Gasteiger partial charge in [0.2, 0.25) is 0 Å². The van der Waals surface area contributed by atoms with E-state index in [1.165, 1.54) is 25.7 Å². The quantitative estimate of drug-likeness (QED) is 0.827. The molecule has 4 heteroatoms. The molecule has 1 fully saturated rings. The largest absolute Gasteiger partial charge is 0.375 e. The van der Waals surface area contributed by atoms with Gasteiger partial charge in [-0.2, -0.15) is 0 Å². The van der Waals surface area contributed by atoms with E-state index in [0.717, 1.165) is 18.4 Å². The van der Waals surface area contributed by atoms with Crippen molar-refractivity contribution in [2.75, 3.05) is 6.61 Å². The minimum atomic E-state index is -0.146. The SMILES string of the molecule is NC1(COCc2ccc(Cl)c(Cl)c2)CCCCCC1. The fraction of sp³-hybridized carbons (Fsp3) is 0.600. The zero-order chi connectivity index (χ0) is 13.7. The Kier molecular flexibility index (Phi) is 5.52. The second kappa shape index (κ2) is 6.94. The molecule has 0 saturated heterocycles. The van der Waals surface area contributed by atoms with Crippen LogP contribution in [0.25, 0.3) is 0 Å². The first-order chi connectivity index (χ1) is 9.09. The zero-order valence-corrected chi connectivity index (χ0v) is 12.6. The molecular weight excluding hydrogens is 281 g/mol. The van der Waals surface area contributed by atoms with E-state index in [2.05, 4.69) is 0 Å². The van der Waals surface area contributed by atoms with Crippen LogP contribution in [0, 0.1) is 0 Å². The van der Waals surface area contributed by atoms with Gasteiger partial charge in [-0.15, -0.1) is 0 Å². The summed E-state index contributed by atoms with van der Waals surface area (Å²) in [4.78, 5) is 0. The van der Waals surface area contributed by atoms with Gasteiger partial charge in [-0.3, -0.25) is 0 Å². The fourth-order valence-electron chi connectivity index (χ4n) is 2.58. The number of hydrogen-bond donors (Lipinski definition) is 1. The molecule has 0 heterocycles. The minimum Gasteiger partial charge on any atom is -0.375 e. The number of rotatable bonds is 4. The molecule has 2 rings (SSSR count). The van der Waals surface area contributed by atoms with Gasteiger partial charge in [0.25, 0.3) is 0 Å². The van der Waals surface area contributed by atoms with Crippen molar-refractivity contribution in [3.8, 4) is 0 Å². The molecule has 1 aliphatic carbocycles. The van der Waals surface area contributed by atoms with Crippen LogP contribution in [-0.4, -0.2) is 12.1 Å². The first kappa shape index (κ1) is 15.1. The number of hydrogen-bond acceptors (Lipinski definition) is 2. The summed E-state index contributed by atoms with van der Waals surface area (Å²) in [5.41, 5.74) is 7.29. The van der Waals surface area contributed by atoms with Crippen LogP contribution in [0.15, 0.2) is 18.2 Å². The molecule has 0 spiro atoms. The third-order valence-corrected chi connectivity index (χ3v) is 4.48. The molecule has 1 saturated carbocycles. The third-order valence-electron chi connectivity index (χ3n) is 3.74. The minimum absolute atomic E-state index is 0.146. The summed E-state index contributed by atoms with van der Waals surface area (Å²) in [7, 11) is 0. The molecule has 0 amide bonds. The van der Waals surface area contributed by atoms with Crippen molar-refractivity contribution in [1.82, 2.24) is 0 Å². The average Bonchev–Trinajstić information content (AvgIpc) is 2.59. The monoisotopic (exact) mass is 301 g/mol. The van der Waals surface area contributed by atoms with Crippen LogP contribution in [0.3, 0.4) is 0 Å². The van der Waals surface area contributed by atoms with Gasteiger partial charge in [0.05, 0.1) is 23.3 Å². The summed E-state index contributed by atoms with van der Waals surface area (Å²) >= 11 is 11.9. The standard InChI is InChI=1S/C15H21Cl2NO/c16-13-6-5-12(9-14(13)17)10-19-11-15(18)7-3-1-2-4-8-15/h5-6,9H,1-4,7-8,10-11,18H2. The highest BCUT2D eigenvalue weighted by molar-refractivity contribution is 6.42. The van der Waals surface area contributed by atoms with E-state index in [4.69, 9.17) is 33.7 Å². The predicted molar refractivity (Wildman–Crippen MR) is 80.7 cm³/mol. The van der Waals surface area contributed by atoms with Gasteiger partial charge >= 0.3 is 0 Å². The molecule has 0 aliphatic heterocycles. The molecule has 106 valence electrons. The predicted octanol–water partition coefficient (Wildman–Crippen LogP) is 4.56. The molecule has 0 atom stereocenters. The van der Waals surface area contributed by atoms with E-state index in [1.807, 2.05) is 12.1 Å². The van der Waals surface area contributed by atoms with Crippen LogP contribution in [0.1, 0.15) is 44.1 Å². The molecule has 0 unspecified atom stereocenters. The Balaban J connectivity index is 1.83. The Labute approximate surface area is 125 Å². The zero-order valence-electron chi connectivity index (χ0n) is 11.1. The van der Waals surface area contributed by atoms with Crippen molar-refractivity contribution >= 4 is 23.2 Å². The van der Waals surface area contributed by atoms with E-state index in [-0.39, 0.29) is 5.54 Å². The van der Waals surface area contributed by atoms with Gasteiger partial charge < -0.3 is 10.5 Å². The van der Waals surface area contributed by atoms with Crippen LogP contribution in [0.4, 0.5) is 0 Å². The lowest BCUT2D eigenvalue weighted by molar-refractivity contribution is 0.0667. The topological polar surface area (TPSA) is 35.2 Å². The summed E-state index contributed by atoms with van der Waals surface area (Å²) in [6.07, 6.45) is 7.15. The van der Waals surface area contributed by atoms with Crippen molar-refractivity contribution in [3.05, 3.63) is 33.8 Å². The maximum atomic E-state index is 6.41. The molecular formula is C15H21Cl2NO. The Morgan fingerprint density at radius 3 is 2.37 bits per heavy atom. The van der Waals surface area contributed by atoms with Gasteiger partial charge in [0, 0.05) is 5.54 Å². The van der Waals surface area contributed by atoms with Crippen molar-refractivity contribution in [2.45, 2.75) is 50.7 Å². The molecule has 0 radical (unpaired) electrons. The molecule has 1 aliphatic rings. The van der Waals surface area contributed by atoms with Crippen molar-refractivity contribution in [3.63, 3.8) is 0 Å². The summed E-state index contributed by atoms with van der Waals surface area (Å²) < 4.78 is 5.79. The average molecular weight is 302 g/mol. The Bertz CT molecular complexity index is 415. The number of ether oxygens (including phenoxy) is 1. The highest BCUT2D eigenvalue weighted by Crippen LogP contribution is 2.26. The lowest BCUT2D eigenvalue weighted by atomic mass is 9.93. The van der Waals surface area contributed by atoms with E-state index < -0.39 is 0 Å². The summed E-state index contributed by atoms with van der Waals surface area (Å²) in [6, 6.07) is 5.58. The summed E-state index contributed by atoms with van der Waals surface area (Å²) in [6.45, 7) is 1.16. The first-order valence-corrected chi connectivity index (χ1v) is 7.65. The smallest absolute Gasteiger partial charge is 0.0718 e. The molecule has 0 aromatic heterocycles. The van der Waals surface area contributed by atoms with E-state index in [1.54, 1.807) is 6.07 Å². The first-order valence-electron chi connectivity index (χ1n) is 6.90. The number of nitrogens with two attached hydrogens (primary N) is 1. The van der Waals surface area contributed by atoms with Crippen LogP contribution in [0.5, 0.6) is 0 Å². The molecule has 1 aromatic carbocycles. The summed E-state index contributed by atoms with van der Waals surface area (Å²) in [5, 5.41) is 1.14. The molecule has 1 aromatic rings. The maximum Gasteiger partial charge on any atom is 0.0718 e. The fourth-order valence-corrected chi connectivity index (χ4v) is 2.90. The highest BCUT2D eigenvalue weighted by atomic mass is 35.5. The number of benzene rings is 1. The van der Waals surface area contributed by atoms with Crippen molar-refractivity contribution < 1.29 is 4.74 Å². The Hall–Kier alpha value is -0.280. The third kappa shape index (κ3) is 4.64. The lowest BCUT2D eigenvalue weighted by Gasteiger charge is -2.27. The molecule has 2 N–H and O–H groups in total. The van der Waals surface area contributed by atoms with Gasteiger partial charge in [-0.05, 0) is 30.5 Å². The number of halogens is 2. The maximum absolute atomic E-state index is 6.41. The molecule has 0 bridgehead atoms. The lowest BCUT2D eigenvalue weighted by Crippen LogP contribution is -2.43. The molecule has 2 nitrogen and oxygen atoms in total. The van der Waals surface area contributed by atoms with Crippen molar-refractivity contribution in [1.29, 1.82) is 0 Å². The van der Waals surface area contributed by atoms with Gasteiger partial charge in [0.1, 0.15) is 0 Å².